The molecule has 35 heavy (non-hydrogen) atoms. The first-order valence-electron chi connectivity index (χ1n) is 12.4. The van der Waals surface area contributed by atoms with Gasteiger partial charge in [0.25, 0.3) is 11.5 Å². The van der Waals surface area contributed by atoms with E-state index >= 15 is 0 Å². The quantitative estimate of drug-likeness (QED) is 0.310. The Balaban J connectivity index is 1.93. The summed E-state index contributed by atoms with van der Waals surface area (Å²) in [4.78, 5) is 34.4. The minimum absolute atomic E-state index is 0.0588. The van der Waals surface area contributed by atoms with Gasteiger partial charge in [0.05, 0.1) is 22.6 Å². The Kier molecular flexibility index (Phi) is 7.45. The Morgan fingerprint density at radius 2 is 1.57 bits per heavy atom. The molecule has 1 amide bonds. The molecule has 0 aliphatic carbocycles. The predicted octanol–water partition coefficient (Wildman–Crippen LogP) is 6.20. The molecular weight excluding hydrogens is 434 g/mol. The molecule has 5 nitrogen and oxygen atoms in total. The second-order valence-corrected chi connectivity index (χ2v) is 9.33. The van der Waals surface area contributed by atoms with Crippen LogP contribution in [-0.2, 0) is 6.42 Å². The SMILES string of the molecule is CCc1ccccc1-n1c(C(C)N(CCC(C)C)C(=O)c2ccccc2)nc2ccccc2c1=O. The number of para-hydroxylation sites is 2. The van der Waals surface area contributed by atoms with Gasteiger partial charge >= 0.3 is 0 Å². The van der Waals surface area contributed by atoms with Crippen LogP contribution in [0.3, 0.4) is 0 Å². The molecule has 0 aliphatic heterocycles. The first-order valence-corrected chi connectivity index (χ1v) is 12.4. The molecular formula is C30H33N3O2. The molecule has 1 unspecified atom stereocenters. The maximum Gasteiger partial charge on any atom is 0.266 e. The summed E-state index contributed by atoms with van der Waals surface area (Å²) in [5.41, 5.74) is 3.03. The Morgan fingerprint density at radius 3 is 2.29 bits per heavy atom. The van der Waals surface area contributed by atoms with E-state index in [1.807, 2.05) is 90.7 Å². The zero-order chi connectivity index (χ0) is 24.9. The van der Waals surface area contributed by atoms with E-state index in [1.54, 1.807) is 4.57 Å². The van der Waals surface area contributed by atoms with Gasteiger partial charge in [0.15, 0.2) is 0 Å². The lowest BCUT2D eigenvalue weighted by Gasteiger charge is -2.31. The average molecular weight is 468 g/mol. The van der Waals surface area contributed by atoms with Crippen LogP contribution < -0.4 is 5.56 Å². The monoisotopic (exact) mass is 467 g/mol. The van der Waals surface area contributed by atoms with Crippen LogP contribution in [0, 0.1) is 5.92 Å². The van der Waals surface area contributed by atoms with Crippen LogP contribution >= 0.6 is 0 Å². The van der Waals surface area contributed by atoms with Gasteiger partial charge in [-0.1, -0.05) is 69.3 Å². The van der Waals surface area contributed by atoms with Crippen molar-refractivity contribution in [1.29, 1.82) is 0 Å². The third kappa shape index (κ3) is 5.04. The highest BCUT2D eigenvalue weighted by Gasteiger charge is 2.28. The number of benzene rings is 3. The van der Waals surface area contributed by atoms with Crippen LogP contribution in [0.5, 0.6) is 0 Å². The number of rotatable bonds is 8. The van der Waals surface area contributed by atoms with Crippen LogP contribution in [0.1, 0.15) is 61.9 Å². The molecule has 1 heterocycles. The molecule has 0 saturated carbocycles. The van der Waals surface area contributed by atoms with E-state index in [0.29, 0.717) is 34.8 Å². The first kappa shape index (κ1) is 24.4. The van der Waals surface area contributed by atoms with Gasteiger partial charge < -0.3 is 4.90 Å². The van der Waals surface area contributed by atoms with Crippen LogP contribution in [0.4, 0.5) is 0 Å². The second kappa shape index (κ2) is 10.7. The molecule has 3 aromatic carbocycles. The van der Waals surface area contributed by atoms with Crippen molar-refractivity contribution in [3.8, 4) is 5.69 Å². The fourth-order valence-electron chi connectivity index (χ4n) is 4.45. The number of aryl methyl sites for hydroxylation is 1. The fourth-order valence-corrected chi connectivity index (χ4v) is 4.45. The summed E-state index contributed by atoms with van der Waals surface area (Å²) in [5, 5.41) is 0.567. The van der Waals surface area contributed by atoms with E-state index in [0.717, 1.165) is 24.1 Å². The number of fused-ring (bicyclic) bond motifs is 1. The number of nitrogens with zero attached hydrogens (tertiary/aromatic N) is 3. The molecule has 0 fully saturated rings. The molecule has 0 bridgehead atoms. The summed E-state index contributed by atoms with van der Waals surface area (Å²) in [5.74, 6) is 0.944. The summed E-state index contributed by atoms with van der Waals surface area (Å²) < 4.78 is 1.71. The number of hydrogen-bond acceptors (Lipinski definition) is 3. The van der Waals surface area contributed by atoms with Crippen molar-refractivity contribution < 1.29 is 4.79 Å². The van der Waals surface area contributed by atoms with Crippen LogP contribution in [0.2, 0.25) is 0 Å². The molecule has 4 rings (SSSR count). The first-order chi connectivity index (χ1) is 16.9. The lowest BCUT2D eigenvalue weighted by molar-refractivity contribution is 0.0671. The molecule has 5 heteroatoms. The van der Waals surface area contributed by atoms with Gasteiger partial charge in [-0.3, -0.25) is 14.2 Å². The third-order valence-electron chi connectivity index (χ3n) is 6.49. The van der Waals surface area contributed by atoms with E-state index in [-0.39, 0.29) is 11.5 Å². The van der Waals surface area contributed by atoms with Crippen LogP contribution in [-0.4, -0.2) is 26.9 Å². The normalized spacial score (nSPS) is 12.1. The number of amides is 1. The lowest BCUT2D eigenvalue weighted by atomic mass is 10.1. The maximum absolute atomic E-state index is 13.9. The van der Waals surface area contributed by atoms with Crippen LogP contribution in [0.25, 0.3) is 16.6 Å². The van der Waals surface area contributed by atoms with Gasteiger partial charge in [-0.2, -0.15) is 0 Å². The van der Waals surface area contributed by atoms with E-state index in [1.165, 1.54) is 0 Å². The zero-order valence-corrected chi connectivity index (χ0v) is 20.9. The van der Waals surface area contributed by atoms with Gasteiger partial charge in [-0.15, -0.1) is 0 Å². The van der Waals surface area contributed by atoms with E-state index in [9.17, 15) is 9.59 Å². The van der Waals surface area contributed by atoms with Gasteiger partial charge in [-0.25, -0.2) is 4.98 Å². The highest BCUT2D eigenvalue weighted by Crippen LogP contribution is 2.26. The summed E-state index contributed by atoms with van der Waals surface area (Å²) in [6.07, 6.45) is 1.63. The smallest absolute Gasteiger partial charge is 0.266 e. The fraction of sp³-hybridized carbons (Fsp3) is 0.300. The summed E-state index contributed by atoms with van der Waals surface area (Å²) in [6.45, 7) is 8.93. The molecule has 1 aromatic heterocycles. The summed E-state index contributed by atoms with van der Waals surface area (Å²) in [7, 11) is 0. The van der Waals surface area contributed by atoms with Crippen molar-refractivity contribution in [3.05, 3.63) is 106 Å². The largest absolute Gasteiger partial charge is 0.329 e. The Morgan fingerprint density at radius 1 is 0.914 bits per heavy atom. The van der Waals surface area contributed by atoms with Gasteiger partial charge in [0.1, 0.15) is 5.82 Å². The number of carbonyl (C=O) groups is 1. The molecule has 4 aromatic rings. The number of carbonyl (C=O) groups excluding carboxylic acids is 1. The lowest BCUT2D eigenvalue weighted by Crippen LogP contribution is -2.38. The van der Waals surface area contributed by atoms with Crippen molar-refractivity contribution in [2.24, 2.45) is 5.92 Å². The number of aromatic nitrogens is 2. The number of hydrogen-bond donors (Lipinski definition) is 0. The standard InChI is InChI=1S/C30H33N3O2/c1-5-23-13-9-12-18-27(23)33-28(31-26-17-11-10-16-25(26)30(33)35)22(4)32(20-19-21(2)3)29(34)24-14-7-6-8-15-24/h6-18,21-22H,5,19-20H2,1-4H3. The summed E-state index contributed by atoms with van der Waals surface area (Å²) >= 11 is 0. The minimum atomic E-state index is -0.413. The highest BCUT2D eigenvalue weighted by atomic mass is 16.2. The Bertz CT molecular complexity index is 1380. The van der Waals surface area contributed by atoms with Gasteiger partial charge in [-0.05, 0) is 61.6 Å². The third-order valence-corrected chi connectivity index (χ3v) is 6.49. The van der Waals surface area contributed by atoms with E-state index in [4.69, 9.17) is 4.98 Å². The van der Waals surface area contributed by atoms with E-state index in [2.05, 4.69) is 20.8 Å². The van der Waals surface area contributed by atoms with Gasteiger partial charge in [0, 0.05) is 12.1 Å². The average Bonchev–Trinajstić information content (AvgIpc) is 2.89. The van der Waals surface area contributed by atoms with Crippen molar-refractivity contribution >= 4 is 16.8 Å². The molecule has 0 aliphatic rings. The van der Waals surface area contributed by atoms with Crippen LogP contribution in [0.15, 0.2) is 83.7 Å². The molecule has 0 saturated heterocycles. The molecule has 0 radical (unpaired) electrons. The zero-order valence-electron chi connectivity index (χ0n) is 20.9. The summed E-state index contributed by atoms with van der Waals surface area (Å²) in [6, 6.07) is 24.3. The highest BCUT2D eigenvalue weighted by molar-refractivity contribution is 5.94. The topological polar surface area (TPSA) is 55.2 Å². The minimum Gasteiger partial charge on any atom is -0.329 e. The predicted molar refractivity (Wildman–Crippen MR) is 142 cm³/mol. The second-order valence-electron chi connectivity index (χ2n) is 9.33. The van der Waals surface area contributed by atoms with Crippen molar-refractivity contribution in [2.75, 3.05) is 6.54 Å². The van der Waals surface area contributed by atoms with Crippen molar-refractivity contribution in [3.63, 3.8) is 0 Å². The van der Waals surface area contributed by atoms with Crippen molar-refractivity contribution in [1.82, 2.24) is 14.5 Å². The Hall–Kier alpha value is -3.73. The molecule has 180 valence electrons. The molecule has 0 N–H and O–H groups in total. The maximum atomic E-state index is 13.9. The Labute approximate surface area is 207 Å². The molecule has 1 atom stereocenters. The van der Waals surface area contributed by atoms with Gasteiger partial charge in [0.2, 0.25) is 0 Å². The van der Waals surface area contributed by atoms with E-state index < -0.39 is 6.04 Å². The molecule has 0 spiro atoms. The van der Waals surface area contributed by atoms with Crippen molar-refractivity contribution in [2.45, 2.75) is 46.6 Å².